The zero-order valence-corrected chi connectivity index (χ0v) is 9.96. The molecule has 0 heterocycles. The minimum absolute atomic E-state index is 0.0158. The fourth-order valence-electron chi connectivity index (χ4n) is 1.10. The molecule has 1 atom stereocenters. The third-order valence-electron chi connectivity index (χ3n) is 1.94. The molecule has 2 N–H and O–H groups in total. The van der Waals surface area contributed by atoms with E-state index < -0.39 is 0 Å². The number of carbonyl (C=O) groups excluding carboxylic acids is 1. The lowest BCUT2D eigenvalue weighted by Gasteiger charge is -2.10. The van der Waals surface area contributed by atoms with Crippen molar-refractivity contribution in [2.75, 3.05) is 6.54 Å². The molecule has 1 aromatic carbocycles. The summed E-state index contributed by atoms with van der Waals surface area (Å²) < 4.78 is 0. The van der Waals surface area contributed by atoms with Gasteiger partial charge in [-0.15, -0.1) is 18.3 Å². The van der Waals surface area contributed by atoms with E-state index >= 15 is 0 Å². The fourth-order valence-corrected chi connectivity index (χ4v) is 1.99. The highest BCUT2D eigenvalue weighted by atomic mass is 32.2. The van der Waals surface area contributed by atoms with Gasteiger partial charge in [-0.1, -0.05) is 6.08 Å². The quantitative estimate of drug-likeness (QED) is 0.609. The monoisotopic (exact) mass is 237 g/mol. The minimum atomic E-state index is -0.163. The summed E-state index contributed by atoms with van der Waals surface area (Å²) in [5, 5.41) is 11.7. The molecule has 0 fully saturated rings. The van der Waals surface area contributed by atoms with Gasteiger partial charge in [-0.05, 0) is 31.2 Å². The number of aromatic hydroxyl groups is 1. The summed E-state index contributed by atoms with van der Waals surface area (Å²) in [6.07, 6.45) is 1.65. The Labute approximate surface area is 99.6 Å². The second kappa shape index (κ2) is 6.23. The van der Waals surface area contributed by atoms with Crippen molar-refractivity contribution < 1.29 is 9.90 Å². The van der Waals surface area contributed by atoms with Crippen molar-refractivity contribution >= 4 is 17.7 Å². The highest BCUT2D eigenvalue weighted by Crippen LogP contribution is 2.24. The van der Waals surface area contributed by atoms with Crippen molar-refractivity contribution in [2.24, 2.45) is 0 Å². The number of carbonyl (C=O) groups is 1. The van der Waals surface area contributed by atoms with Gasteiger partial charge in [0.05, 0.1) is 5.25 Å². The summed E-state index contributed by atoms with van der Waals surface area (Å²) in [5.74, 6) is 0.214. The van der Waals surface area contributed by atoms with Crippen molar-refractivity contribution in [3.05, 3.63) is 36.9 Å². The van der Waals surface area contributed by atoms with Crippen LogP contribution in [0.1, 0.15) is 6.92 Å². The van der Waals surface area contributed by atoms with Crippen LogP contribution in [0.5, 0.6) is 5.75 Å². The number of hydrogen-bond donors (Lipinski definition) is 2. The molecule has 0 spiro atoms. The van der Waals surface area contributed by atoms with Crippen LogP contribution in [0.4, 0.5) is 0 Å². The van der Waals surface area contributed by atoms with Gasteiger partial charge in [0.25, 0.3) is 0 Å². The van der Waals surface area contributed by atoms with Gasteiger partial charge in [0.15, 0.2) is 0 Å². The van der Waals surface area contributed by atoms with Gasteiger partial charge in [0.1, 0.15) is 5.75 Å². The third kappa shape index (κ3) is 3.98. The molecule has 0 saturated carbocycles. The SMILES string of the molecule is C=CCNC(=O)[C@@H](C)Sc1ccc(O)cc1. The maximum absolute atomic E-state index is 11.5. The van der Waals surface area contributed by atoms with Gasteiger partial charge in [-0.2, -0.15) is 0 Å². The number of hydrogen-bond acceptors (Lipinski definition) is 3. The van der Waals surface area contributed by atoms with E-state index in [1.54, 1.807) is 30.3 Å². The maximum atomic E-state index is 11.5. The predicted octanol–water partition coefficient (Wildman–Crippen LogP) is 2.17. The van der Waals surface area contributed by atoms with E-state index in [4.69, 9.17) is 5.11 Å². The lowest BCUT2D eigenvalue weighted by atomic mass is 10.3. The Morgan fingerprint density at radius 2 is 2.19 bits per heavy atom. The first-order valence-electron chi connectivity index (χ1n) is 4.97. The minimum Gasteiger partial charge on any atom is -0.508 e. The summed E-state index contributed by atoms with van der Waals surface area (Å²) in [4.78, 5) is 12.5. The van der Waals surface area contributed by atoms with Crippen LogP contribution in [-0.2, 0) is 4.79 Å². The second-order valence-corrected chi connectivity index (χ2v) is 4.70. The molecule has 1 aromatic rings. The summed E-state index contributed by atoms with van der Waals surface area (Å²) >= 11 is 1.45. The van der Waals surface area contributed by atoms with Gasteiger partial charge < -0.3 is 10.4 Å². The van der Waals surface area contributed by atoms with E-state index in [9.17, 15) is 4.79 Å². The normalized spacial score (nSPS) is 11.8. The van der Waals surface area contributed by atoms with Crippen LogP contribution in [0, 0.1) is 0 Å². The molecule has 0 aliphatic carbocycles. The van der Waals surface area contributed by atoms with E-state index in [1.165, 1.54) is 11.8 Å². The van der Waals surface area contributed by atoms with Crippen LogP contribution >= 0.6 is 11.8 Å². The lowest BCUT2D eigenvalue weighted by molar-refractivity contribution is -0.120. The Bertz CT molecular complexity index is 362. The molecule has 0 radical (unpaired) electrons. The van der Waals surface area contributed by atoms with E-state index in [2.05, 4.69) is 11.9 Å². The lowest BCUT2D eigenvalue weighted by Crippen LogP contribution is -2.30. The molecular weight excluding hydrogens is 222 g/mol. The van der Waals surface area contributed by atoms with Crippen LogP contribution in [0.2, 0.25) is 0 Å². The Morgan fingerprint density at radius 3 is 2.75 bits per heavy atom. The summed E-state index contributed by atoms with van der Waals surface area (Å²) in [7, 11) is 0. The smallest absolute Gasteiger partial charge is 0.233 e. The first kappa shape index (κ1) is 12.6. The predicted molar refractivity (Wildman–Crippen MR) is 66.6 cm³/mol. The van der Waals surface area contributed by atoms with Gasteiger partial charge >= 0.3 is 0 Å². The zero-order chi connectivity index (χ0) is 12.0. The first-order valence-corrected chi connectivity index (χ1v) is 5.85. The Hall–Kier alpha value is -1.42. The van der Waals surface area contributed by atoms with Gasteiger partial charge in [-0.25, -0.2) is 0 Å². The highest BCUT2D eigenvalue weighted by Gasteiger charge is 2.12. The summed E-state index contributed by atoms with van der Waals surface area (Å²) in [6, 6.07) is 6.79. The molecule has 0 unspecified atom stereocenters. The molecule has 0 aromatic heterocycles. The number of phenols is 1. The van der Waals surface area contributed by atoms with Crippen molar-refractivity contribution in [2.45, 2.75) is 17.1 Å². The van der Waals surface area contributed by atoms with E-state index in [-0.39, 0.29) is 16.9 Å². The van der Waals surface area contributed by atoms with Crippen molar-refractivity contribution in [1.29, 1.82) is 0 Å². The fraction of sp³-hybridized carbons (Fsp3) is 0.250. The molecule has 86 valence electrons. The number of phenolic OH excluding ortho intramolecular Hbond substituents is 1. The van der Waals surface area contributed by atoms with Crippen LogP contribution < -0.4 is 5.32 Å². The molecule has 1 rings (SSSR count). The van der Waals surface area contributed by atoms with Crippen LogP contribution in [0.15, 0.2) is 41.8 Å². The molecule has 0 bridgehead atoms. The molecule has 16 heavy (non-hydrogen) atoms. The van der Waals surface area contributed by atoms with Crippen LogP contribution in [-0.4, -0.2) is 22.8 Å². The van der Waals surface area contributed by atoms with Gasteiger partial charge in [0.2, 0.25) is 5.91 Å². The van der Waals surface area contributed by atoms with Crippen molar-refractivity contribution in [3.8, 4) is 5.75 Å². The second-order valence-electron chi connectivity index (χ2n) is 3.29. The standard InChI is InChI=1S/C12H15NO2S/c1-3-8-13-12(15)9(2)16-11-6-4-10(14)5-7-11/h3-7,9,14H,1,8H2,2H3,(H,13,15)/t9-/m1/s1. The van der Waals surface area contributed by atoms with E-state index in [0.717, 1.165) is 4.90 Å². The van der Waals surface area contributed by atoms with Crippen LogP contribution in [0.25, 0.3) is 0 Å². The number of benzene rings is 1. The molecule has 0 saturated heterocycles. The number of nitrogens with one attached hydrogen (secondary N) is 1. The van der Waals surface area contributed by atoms with E-state index in [1.807, 2.05) is 6.92 Å². The summed E-state index contributed by atoms with van der Waals surface area (Å²) in [5.41, 5.74) is 0. The third-order valence-corrected chi connectivity index (χ3v) is 3.05. The van der Waals surface area contributed by atoms with Gasteiger partial charge in [-0.3, -0.25) is 4.79 Å². The van der Waals surface area contributed by atoms with Crippen molar-refractivity contribution in [1.82, 2.24) is 5.32 Å². The average Bonchev–Trinajstić information content (AvgIpc) is 2.29. The Morgan fingerprint density at radius 1 is 1.56 bits per heavy atom. The zero-order valence-electron chi connectivity index (χ0n) is 9.14. The molecule has 0 aliphatic rings. The topological polar surface area (TPSA) is 49.3 Å². The molecular formula is C12H15NO2S. The van der Waals surface area contributed by atoms with E-state index in [0.29, 0.717) is 6.54 Å². The first-order chi connectivity index (χ1) is 7.63. The number of amides is 1. The Kier molecular flexibility index (Phi) is 4.92. The molecule has 4 heteroatoms. The number of rotatable bonds is 5. The highest BCUT2D eigenvalue weighted by molar-refractivity contribution is 8.00. The van der Waals surface area contributed by atoms with Gasteiger partial charge in [0, 0.05) is 11.4 Å². The molecule has 3 nitrogen and oxygen atoms in total. The van der Waals surface area contributed by atoms with Crippen LogP contribution in [0.3, 0.4) is 0 Å². The summed E-state index contributed by atoms with van der Waals surface area (Å²) in [6.45, 7) is 5.86. The largest absolute Gasteiger partial charge is 0.508 e. The molecule has 1 amide bonds. The molecule has 0 aliphatic heterocycles. The maximum Gasteiger partial charge on any atom is 0.233 e. The average molecular weight is 237 g/mol. The Balaban J connectivity index is 2.50. The number of thioether (sulfide) groups is 1. The van der Waals surface area contributed by atoms with Crippen molar-refractivity contribution in [3.63, 3.8) is 0 Å².